The number of hydrogen-bond acceptors (Lipinski definition) is 4. The van der Waals surface area contributed by atoms with Gasteiger partial charge < -0.3 is 9.64 Å². The molecule has 2 aliphatic rings. The Balaban J connectivity index is 1.66. The molecule has 2 aromatic carbocycles. The third-order valence-corrected chi connectivity index (χ3v) is 6.80. The summed E-state index contributed by atoms with van der Waals surface area (Å²) in [6.07, 6.45) is 0. The van der Waals surface area contributed by atoms with Crippen LogP contribution in [0.2, 0.25) is 0 Å². The van der Waals surface area contributed by atoms with Crippen LogP contribution in [0.3, 0.4) is 0 Å². The van der Waals surface area contributed by atoms with E-state index in [-0.39, 0.29) is 29.6 Å². The first-order valence-corrected chi connectivity index (χ1v) is 10.9. The highest BCUT2D eigenvalue weighted by atomic mass is 32.2. The van der Waals surface area contributed by atoms with Gasteiger partial charge in [0.15, 0.2) is 9.84 Å². The summed E-state index contributed by atoms with van der Waals surface area (Å²) in [6, 6.07) is 16.1. The molecule has 0 aliphatic carbocycles. The van der Waals surface area contributed by atoms with Gasteiger partial charge in [-0.15, -0.1) is 0 Å². The molecule has 0 N–H and O–H groups in total. The number of ether oxygens (including phenoxy) is 1. The minimum Gasteiger partial charge on any atom is -0.494 e. The van der Waals surface area contributed by atoms with E-state index in [0.717, 1.165) is 11.3 Å². The van der Waals surface area contributed by atoms with Crippen molar-refractivity contribution in [1.82, 2.24) is 4.90 Å². The number of sulfone groups is 1. The van der Waals surface area contributed by atoms with Crippen molar-refractivity contribution in [2.24, 2.45) is 0 Å². The summed E-state index contributed by atoms with van der Waals surface area (Å²) in [6.45, 7) is 2.88. The standard InChI is InChI=1S/C20H22N2O4S/c1-2-26-17-10-8-16(9-11-17)22-19-14-27(24,25)13-18(19)21(20(22)23)12-15-6-4-3-5-7-15/h3-11,18-19H,2,12-14H2,1H3/t18-,19-/m0/s1. The van der Waals surface area contributed by atoms with Gasteiger partial charge in [0.2, 0.25) is 0 Å². The molecular weight excluding hydrogens is 364 g/mol. The second-order valence-corrected chi connectivity index (χ2v) is 9.06. The van der Waals surface area contributed by atoms with Gasteiger partial charge in [-0.1, -0.05) is 30.3 Å². The summed E-state index contributed by atoms with van der Waals surface area (Å²) < 4.78 is 30.0. The lowest BCUT2D eigenvalue weighted by Gasteiger charge is -2.23. The highest BCUT2D eigenvalue weighted by Gasteiger charge is 2.53. The van der Waals surface area contributed by atoms with Gasteiger partial charge in [0.05, 0.1) is 30.2 Å². The molecule has 0 bridgehead atoms. The Morgan fingerprint density at radius 1 is 1.00 bits per heavy atom. The maximum atomic E-state index is 13.2. The van der Waals surface area contributed by atoms with Crippen LogP contribution < -0.4 is 9.64 Å². The zero-order valence-corrected chi connectivity index (χ0v) is 15.9. The Labute approximate surface area is 159 Å². The predicted octanol–water partition coefficient (Wildman–Crippen LogP) is 2.69. The van der Waals surface area contributed by atoms with E-state index >= 15 is 0 Å². The van der Waals surface area contributed by atoms with Crippen molar-refractivity contribution in [3.8, 4) is 5.75 Å². The quantitative estimate of drug-likeness (QED) is 0.741. The molecule has 2 fully saturated rings. The Kier molecular flexibility index (Phi) is 4.55. The van der Waals surface area contributed by atoms with E-state index in [9.17, 15) is 13.2 Å². The maximum absolute atomic E-state index is 13.2. The summed E-state index contributed by atoms with van der Waals surface area (Å²) in [5, 5.41) is 0. The number of amides is 2. The number of urea groups is 1. The van der Waals surface area contributed by atoms with Gasteiger partial charge >= 0.3 is 6.03 Å². The topological polar surface area (TPSA) is 66.9 Å². The molecule has 0 radical (unpaired) electrons. The van der Waals surface area contributed by atoms with Crippen LogP contribution in [0.25, 0.3) is 0 Å². The molecule has 2 aliphatic heterocycles. The Bertz CT molecular complexity index is 928. The monoisotopic (exact) mass is 386 g/mol. The first kappa shape index (κ1) is 17.9. The summed E-state index contributed by atoms with van der Waals surface area (Å²) in [7, 11) is -3.17. The second kappa shape index (κ2) is 6.88. The third kappa shape index (κ3) is 3.39. The van der Waals surface area contributed by atoms with Crippen molar-refractivity contribution >= 4 is 21.6 Å². The minimum absolute atomic E-state index is 0.00189. The zero-order valence-electron chi connectivity index (χ0n) is 15.1. The van der Waals surface area contributed by atoms with E-state index in [4.69, 9.17) is 4.74 Å². The number of carbonyl (C=O) groups is 1. The second-order valence-electron chi connectivity index (χ2n) is 6.90. The molecular formula is C20H22N2O4S. The van der Waals surface area contributed by atoms with Gasteiger partial charge in [-0.2, -0.15) is 0 Å². The Morgan fingerprint density at radius 3 is 2.33 bits per heavy atom. The number of anilines is 1. The molecule has 2 aromatic rings. The van der Waals surface area contributed by atoms with Gasteiger partial charge in [0.25, 0.3) is 0 Å². The predicted molar refractivity (Wildman–Crippen MR) is 104 cm³/mol. The molecule has 0 saturated carbocycles. The van der Waals surface area contributed by atoms with E-state index in [0.29, 0.717) is 18.8 Å². The lowest BCUT2D eigenvalue weighted by Crippen LogP contribution is -2.37. The lowest BCUT2D eigenvalue weighted by atomic mass is 10.1. The van der Waals surface area contributed by atoms with E-state index in [1.54, 1.807) is 9.80 Å². The molecule has 0 unspecified atom stereocenters. The molecule has 6 nitrogen and oxygen atoms in total. The summed E-state index contributed by atoms with van der Waals surface area (Å²) in [5.41, 5.74) is 1.69. The highest BCUT2D eigenvalue weighted by Crippen LogP contribution is 2.36. The SMILES string of the molecule is CCOc1ccc(N2C(=O)N(Cc3ccccc3)[C@H]3CS(=O)(=O)C[C@@H]32)cc1. The molecule has 2 heterocycles. The molecule has 0 spiro atoms. The molecule has 2 amide bonds. The maximum Gasteiger partial charge on any atom is 0.325 e. The Morgan fingerprint density at radius 2 is 1.67 bits per heavy atom. The summed E-state index contributed by atoms with van der Waals surface area (Å²) >= 11 is 0. The van der Waals surface area contributed by atoms with Crippen molar-refractivity contribution in [2.45, 2.75) is 25.6 Å². The number of rotatable bonds is 5. The molecule has 7 heteroatoms. The molecule has 27 heavy (non-hydrogen) atoms. The van der Waals surface area contributed by atoms with Crippen LogP contribution in [0.1, 0.15) is 12.5 Å². The summed E-state index contributed by atoms with van der Waals surface area (Å²) in [4.78, 5) is 16.5. The molecule has 142 valence electrons. The van der Waals surface area contributed by atoms with E-state index in [2.05, 4.69) is 0 Å². The fraction of sp³-hybridized carbons (Fsp3) is 0.350. The van der Waals surface area contributed by atoms with Crippen LogP contribution in [-0.4, -0.2) is 49.5 Å². The lowest BCUT2D eigenvalue weighted by molar-refractivity contribution is 0.206. The van der Waals surface area contributed by atoms with Crippen LogP contribution in [-0.2, 0) is 16.4 Å². The van der Waals surface area contributed by atoms with E-state index in [1.165, 1.54) is 0 Å². The Hall–Kier alpha value is -2.54. The number of nitrogens with zero attached hydrogens (tertiary/aromatic N) is 2. The van der Waals surface area contributed by atoms with Crippen molar-refractivity contribution in [3.63, 3.8) is 0 Å². The number of benzene rings is 2. The smallest absolute Gasteiger partial charge is 0.325 e. The fourth-order valence-electron chi connectivity index (χ4n) is 3.91. The summed E-state index contributed by atoms with van der Waals surface area (Å²) in [5.74, 6) is 0.746. The van der Waals surface area contributed by atoms with Crippen LogP contribution in [0, 0.1) is 0 Å². The van der Waals surface area contributed by atoms with Crippen LogP contribution in [0.4, 0.5) is 10.5 Å². The highest BCUT2D eigenvalue weighted by molar-refractivity contribution is 7.91. The molecule has 2 atom stereocenters. The normalized spacial score (nSPS) is 23.5. The van der Waals surface area contributed by atoms with Crippen molar-refractivity contribution < 1.29 is 17.9 Å². The van der Waals surface area contributed by atoms with Crippen LogP contribution >= 0.6 is 0 Å². The van der Waals surface area contributed by atoms with Crippen molar-refractivity contribution in [3.05, 3.63) is 60.2 Å². The fourth-order valence-corrected chi connectivity index (χ4v) is 5.86. The molecule has 4 rings (SSSR count). The first-order chi connectivity index (χ1) is 13.0. The average Bonchev–Trinajstić information content (AvgIpc) is 3.08. The average molecular weight is 386 g/mol. The largest absolute Gasteiger partial charge is 0.494 e. The van der Waals surface area contributed by atoms with Crippen molar-refractivity contribution in [2.75, 3.05) is 23.0 Å². The van der Waals surface area contributed by atoms with E-state index < -0.39 is 9.84 Å². The van der Waals surface area contributed by atoms with Gasteiger partial charge in [-0.05, 0) is 36.8 Å². The van der Waals surface area contributed by atoms with Crippen LogP contribution in [0.5, 0.6) is 5.75 Å². The third-order valence-electron chi connectivity index (χ3n) is 5.10. The molecule has 0 aromatic heterocycles. The first-order valence-electron chi connectivity index (χ1n) is 9.05. The number of hydrogen-bond donors (Lipinski definition) is 0. The molecule has 2 saturated heterocycles. The van der Waals surface area contributed by atoms with Gasteiger partial charge in [0.1, 0.15) is 5.75 Å². The minimum atomic E-state index is -3.17. The van der Waals surface area contributed by atoms with Gasteiger partial charge in [0, 0.05) is 12.2 Å². The zero-order chi connectivity index (χ0) is 19.0. The number of carbonyl (C=O) groups excluding carboxylic acids is 1. The van der Waals surface area contributed by atoms with Crippen LogP contribution in [0.15, 0.2) is 54.6 Å². The van der Waals surface area contributed by atoms with Crippen molar-refractivity contribution in [1.29, 1.82) is 0 Å². The van der Waals surface area contributed by atoms with Gasteiger partial charge in [-0.3, -0.25) is 4.90 Å². The van der Waals surface area contributed by atoms with E-state index in [1.807, 2.05) is 61.5 Å². The number of fused-ring (bicyclic) bond motifs is 1. The van der Waals surface area contributed by atoms with Gasteiger partial charge in [-0.25, -0.2) is 13.2 Å².